The minimum absolute atomic E-state index is 0.186. The van der Waals surface area contributed by atoms with Crippen LogP contribution in [0.1, 0.15) is 41.3 Å². The number of unbranched alkanes of at least 4 members (excludes halogenated alkanes) is 1. The van der Waals surface area contributed by atoms with Crippen molar-refractivity contribution in [2.45, 2.75) is 33.6 Å². The second kappa shape index (κ2) is 10.2. The highest BCUT2D eigenvalue weighted by molar-refractivity contribution is 5.95. The highest BCUT2D eigenvalue weighted by Gasteiger charge is 2.09. The van der Waals surface area contributed by atoms with Crippen LogP contribution < -0.4 is 20.3 Å². The summed E-state index contributed by atoms with van der Waals surface area (Å²) in [5.74, 6) is 0.514. The summed E-state index contributed by atoms with van der Waals surface area (Å²) in [4.78, 5) is 24.0. The van der Waals surface area contributed by atoms with Gasteiger partial charge in [0.2, 0.25) is 0 Å². The third-order valence-electron chi connectivity index (χ3n) is 4.11. The Morgan fingerprint density at radius 1 is 0.963 bits per heavy atom. The predicted molar refractivity (Wildman–Crippen MR) is 104 cm³/mol. The number of carbonyl (C=O) groups excluding carboxylic acids is 2. The number of benzene rings is 2. The second-order valence-corrected chi connectivity index (χ2v) is 6.22. The molecule has 0 fully saturated rings. The lowest BCUT2D eigenvalue weighted by molar-refractivity contribution is -0.123. The van der Waals surface area contributed by atoms with E-state index in [4.69, 9.17) is 9.47 Å². The van der Waals surface area contributed by atoms with Crippen LogP contribution in [-0.2, 0) is 4.79 Å². The normalized spacial score (nSPS) is 10.2. The van der Waals surface area contributed by atoms with Gasteiger partial charge in [-0.25, -0.2) is 0 Å². The maximum Gasteiger partial charge on any atom is 0.276 e. The Balaban J connectivity index is 1.77. The molecule has 2 rings (SSSR count). The molecule has 2 amide bonds. The van der Waals surface area contributed by atoms with E-state index in [2.05, 4.69) is 17.8 Å². The van der Waals surface area contributed by atoms with Crippen molar-refractivity contribution in [2.75, 3.05) is 13.2 Å². The molecule has 2 aromatic rings. The van der Waals surface area contributed by atoms with Gasteiger partial charge in [-0.2, -0.15) is 0 Å². The fourth-order valence-electron chi connectivity index (χ4n) is 2.30. The fourth-order valence-corrected chi connectivity index (χ4v) is 2.30. The van der Waals surface area contributed by atoms with E-state index in [-0.39, 0.29) is 6.61 Å². The van der Waals surface area contributed by atoms with Crippen LogP contribution in [0.3, 0.4) is 0 Å². The summed E-state index contributed by atoms with van der Waals surface area (Å²) in [6, 6.07) is 12.4. The minimum Gasteiger partial charge on any atom is -0.494 e. The Kier molecular flexibility index (Phi) is 7.67. The van der Waals surface area contributed by atoms with Crippen molar-refractivity contribution < 1.29 is 19.1 Å². The zero-order valence-electron chi connectivity index (χ0n) is 16.0. The Morgan fingerprint density at radius 3 is 2.41 bits per heavy atom. The van der Waals surface area contributed by atoms with Gasteiger partial charge in [-0.1, -0.05) is 25.5 Å². The molecule has 6 heteroatoms. The van der Waals surface area contributed by atoms with Crippen molar-refractivity contribution in [1.29, 1.82) is 0 Å². The Bertz CT molecular complexity index is 772. The van der Waals surface area contributed by atoms with E-state index in [1.165, 1.54) is 0 Å². The molecule has 2 aromatic carbocycles. The lowest BCUT2D eigenvalue weighted by Crippen LogP contribution is -2.43. The summed E-state index contributed by atoms with van der Waals surface area (Å²) in [6.45, 7) is 6.47. The largest absolute Gasteiger partial charge is 0.494 e. The van der Waals surface area contributed by atoms with Crippen LogP contribution in [0.15, 0.2) is 42.5 Å². The standard InChI is InChI=1S/C21H26N2O4/c1-4-5-13-26-18-11-9-17(10-12-18)21(25)23-22-20(24)14-27-19-8-6-7-15(2)16(19)3/h6-12H,4-5,13-14H2,1-3H3,(H,22,24)(H,23,25). The van der Waals surface area contributed by atoms with Crippen LogP contribution in [0.5, 0.6) is 11.5 Å². The molecular formula is C21H26N2O4. The van der Waals surface area contributed by atoms with Gasteiger partial charge in [0.15, 0.2) is 6.61 Å². The van der Waals surface area contributed by atoms with E-state index in [9.17, 15) is 9.59 Å². The topological polar surface area (TPSA) is 76.7 Å². The molecule has 0 aliphatic rings. The van der Waals surface area contributed by atoms with Gasteiger partial charge in [0.05, 0.1) is 6.61 Å². The van der Waals surface area contributed by atoms with Crippen LogP contribution in [0, 0.1) is 13.8 Å². The third-order valence-corrected chi connectivity index (χ3v) is 4.11. The first-order chi connectivity index (χ1) is 13.0. The Labute approximate surface area is 159 Å². The highest BCUT2D eigenvalue weighted by atomic mass is 16.5. The fraction of sp³-hybridized carbons (Fsp3) is 0.333. The predicted octanol–water partition coefficient (Wildman–Crippen LogP) is 3.32. The van der Waals surface area contributed by atoms with Crippen LogP contribution >= 0.6 is 0 Å². The first-order valence-electron chi connectivity index (χ1n) is 9.02. The zero-order chi connectivity index (χ0) is 19.6. The quantitative estimate of drug-likeness (QED) is 0.552. The molecule has 27 heavy (non-hydrogen) atoms. The van der Waals surface area contributed by atoms with Crippen molar-refractivity contribution in [3.63, 3.8) is 0 Å². The number of rotatable bonds is 8. The molecule has 0 heterocycles. The number of hydrogen-bond acceptors (Lipinski definition) is 4. The number of hydrazine groups is 1. The van der Waals surface area contributed by atoms with Crippen LogP contribution in [-0.4, -0.2) is 25.0 Å². The van der Waals surface area contributed by atoms with Crippen LogP contribution in [0.2, 0.25) is 0 Å². The van der Waals surface area contributed by atoms with E-state index in [1.54, 1.807) is 30.3 Å². The average Bonchev–Trinajstić information content (AvgIpc) is 2.68. The van der Waals surface area contributed by atoms with Gasteiger partial charge in [0.1, 0.15) is 11.5 Å². The molecule has 0 unspecified atom stereocenters. The van der Waals surface area contributed by atoms with Crippen molar-refractivity contribution in [1.82, 2.24) is 10.9 Å². The van der Waals surface area contributed by atoms with E-state index in [0.29, 0.717) is 23.7 Å². The van der Waals surface area contributed by atoms with Crippen molar-refractivity contribution >= 4 is 11.8 Å². The van der Waals surface area contributed by atoms with E-state index in [1.807, 2.05) is 26.0 Å². The SMILES string of the molecule is CCCCOc1ccc(C(=O)NNC(=O)COc2cccc(C)c2C)cc1. The number of carbonyl (C=O) groups is 2. The van der Waals surface area contributed by atoms with Gasteiger partial charge in [0.25, 0.3) is 11.8 Å². The molecule has 0 saturated carbocycles. The maximum atomic E-state index is 12.1. The number of nitrogens with one attached hydrogen (secondary N) is 2. The molecule has 0 aliphatic heterocycles. The average molecular weight is 370 g/mol. The van der Waals surface area contributed by atoms with Gasteiger partial charge in [-0.3, -0.25) is 20.4 Å². The second-order valence-electron chi connectivity index (χ2n) is 6.22. The van der Waals surface area contributed by atoms with E-state index < -0.39 is 11.8 Å². The first-order valence-corrected chi connectivity index (χ1v) is 9.02. The Morgan fingerprint density at radius 2 is 1.70 bits per heavy atom. The molecule has 0 bridgehead atoms. The highest BCUT2D eigenvalue weighted by Crippen LogP contribution is 2.20. The van der Waals surface area contributed by atoms with Crippen molar-refractivity contribution in [3.05, 3.63) is 59.2 Å². The molecule has 2 N–H and O–H groups in total. The van der Waals surface area contributed by atoms with Gasteiger partial charge < -0.3 is 9.47 Å². The molecule has 144 valence electrons. The lowest BCUT2D eigenvalue weighted by Gasteiger charge is -2.12. The van der Waals surface area contributed by atoms with Crippen LogP contribution in [0.25, 0.3) is 0 Å². The summed E-state index contributed by atoms with van der Waals surface area (Å²) in [5, 5.41) is 0. The van der Waals surface area contributed by atoms with Gasteiger partial charge in [-0.15, -0.1) is 0 Å². The number of hydrogen-bond donors (Lipinski definition) is 2. The molecular weight excluding hydrogens is 344 g/mol. The third kappa shape index (κ3) is 6.33. The van der Waals surface area contributed by atoms with E-state index >= 15 is 0 Å². The maximum absolute atomic E-state index is 12.1. The van der Waals surface area contributed by atoms with Gasteiger partial charge >= 0.3 is 0 Å². The molecule has 0 aromatic heterocycles. The number of amides is 2. The molecule has 0 saturated heterocycles. The zero-order valence-corrected chi connectivity index (χ0v) is 16.0. The number of ether oxygens (including phenoxy) is 2. The van der Waals surface area contributed by atoms with E-state index in [0.717, 1.165) is 24.0 Å². The minimum atomic E-state index is -0.441. The van der Waals surface area contributed by atoms with Gasteiger partial charge in [-0.05, 0) is 61.7 Å². The van der Waals surface area contributed by atoms with Gasteiger partial charge in [0, 0.05) is 5.56 Å². The Hall–Kier alpha value is -3.02. The monoisotopic (exact) mass is 370 g/mol. The van der Waals surface area contributed by atoms with Crippen molar-refractivity contribution in [2.24, 2.45) is 0 Å². The summed E-state index contributed by atoms with van der Waals surface area (Å²) in [7, 11) is 0. The summed E-state index contributed by atoms with van der Waals surface area (Å²) in [5.41, 5.74) is 7.21. The van der Waals surface area contributed by atoms with Crippen LogP contribution in [0.4, 0.5) is 0 Å². The molecule has 6 nitrogen and oxygen atoms in total. The summed E-state index contributed by atoms with van der Waals surface area (Å²) >= 11 is 0. The number of aryl methyl sites for hydroxylation is 1. The molecule has 0 spiro atoms. The van der Waals surface area contributed by atoms with Crippen molar-refractivity contribution in [3.8, 4) is 11.5 Å². The molecule has 0 aliphatic carbocycles. The summed E-state index contributed by atoms with van der Waals surface area (Å²) in [6.07, 6.45) is 2.05. The first kappa shape index (κ1) is 20.3. The lowest BCUT2D eigenvalue weighted by atomic mass is 10.1. The summed E-state index contributed by atoms with van der Waals surface area (Å²) < 4.78 is 11.1. The molecule has 0 radical (unpaired) electrons. The smallest absolute Gasteiger partial charge is 0.276 e. The molecule has 0 atom stereocenters.